The van der Waals surface area contributed by atoms with Gasteiger partial charge in [0.05, 0.1) is 6.26 Å². The van der Waals surface area contributed by atoms with Crippen LogP contribution in [0.15, 0.2) is 27.8 Å². The van der Waals surface area contributed by atoms with Gasteiger partial charge < -0.3 is 15.1 Å². The largest absolute Gasteiger partial charge is 0.469 e. The highest BCUT2D eigenvalue weighted by atomic mass is 127. The van der Waals surface area contributed by atoms with Gasteiger partial charge in [0.15, 0.2) is 5.96 Å². The molecule has 0 unspecified atom stereocenters. The van der Waals surface area contributed by atoms with Gasteiger partial charge in [-0.25, -0.2) is 0 Å². The van der Waals surface area contributed by atoms with Gasteiger partial charge in [-0.15, -0.1) is 24.0 Å². The second-order valence-electron chi connectivity index (χ2n) is 4.70. The minimum absolute atomic E-state index is 0. The minimum Gasteiger partial charge on any atom is -0.469 e. The van der Waals surface area contributed by atoms with Crippen molar-refractivity contribution in [2.45, 2.75) is 33.6 Å². The zero-order valence-electron chi connectivity index (χ0n) is 12.1. The Morgan fingerprint density at radius 2 is 2.16 bits per heavy atom. The van der Waals surface area contributed by atoms with Gasteiger partial charge in [0, 0.05) is 26.1 Å². The van der Waals surface area contributed by atoms with Gasteiger partial charge in [0.1, 0.15) is 5.76 Å². The molecule has 0 saturated carbocycles. The second-order valence-corrected chi connectivity index (χ2v) is 4.70. The van der Waals surface area contributed by atoms with Gasteiger partial charge in [-0.1, -0.05) is 13.8 Å². The highest BCUT2D eigenvalue weighted by molar-refractivity contribution is 14.0. The first-order chi connectivity index (χ1) is 8.72. The lowest BCUT2D eigenvalue weighted by Gasteiger charge is -2.11. The molecule has 0 aromatic carbocycles. The molecule has 0 fully saturated rings. The van der Waals surface area contributed by atoms with Crippen LogP contribution >= 0.6 is 24.0 Å². The summed E-state index contributed by atoms with van der Waals surface area (Å²) in [4.78, 5) is 4.54. The summed E-state index contributed by atoms with van der Waals surface area (Å²) in [5, 5.41) is 6.56. The van der Waals surface area contributed by atoms with Crippen LogP contribution in [0.2, 0.25) is 0 Å². The van der Waals surface area contributed by atoms with E-state index in [4.69, 9.17) is 4.42 Å². The molecule has 0 saturated heterocycles. The fraction of sp³-hybridized carbons (Fsp3) is 0.643. The molecule has 0 amide bonds. The zero-order chi connectivity index (χ0) is 13.2. The molecule has 2 N–H and O–H groups in total. The first kappa shape index (κ1) is 18.3. The van der Waals surface area contributed by atoms with Crippen LogP contribution in [-0.2, 0) is 6.42 Å². The van der Waals surface area contributed by atoms with E-state index < -0.39 is 0 Å². The molecule has 0 spiro atoms. The number of hydrogen-bond donors (Lipinski definition) is 2. The third kappa shape index (κ3) is 8.91. The third-order valence-corrected chi connectivity index (χ3v) is 2.56. The Kier molecular flexibility index (Phi) is 10.7. The molecular formula is C14H26IN3O. The average molecular weight is 379 g/mol. The van der Waals surface area contributed by atoms with Gasteiger partial charge in [0.25, 0.3) is 0 Å². The predicted octanol–water partition coefficient (Wildman–Crippen LogP) is 3.04. The number of nitrogens with zero attached hydrogens (tertiary/aromatic N) is 1. The molecule has 1 rings (SSSR count). The fourth-order valence-electron chi connectivity index (χ4n) is 1.54. The summed E-state index contributed by atoms with van der Waals surface area (Å²) in [6.07, 6.45) is 3.70. The molecule has 19 heavy (non-hydrogen) atoms. The Balaban J connectivity index is 0.00000324. The number of hydrogen-bond acceptors (Lipinski definition) is 2. The molecule has 5 heteroatoms. The van der Waals surface area contributed by atoms with Gasteiger partial charge in [-0.2, -0.15) is 0 Å². The summed E-state index contributed by atoms with van der Waals surface area (Å²) in [5.74, 6) is 2.59. The number of rotatable bonds is 7. The highest BCUT2D eigenvalue weighted by Gasteiger charge is 1.99. The summed E-state index contributed by atoms with van der Waals surface area (Å²) in [6.45, 7) is 9.09. The second kappa shape index (κ2) is 11.1. The summed E-state index contributed by atoms with van der Waals surface area (Å²) in [6, 6.07) is 3.90. The maximum absolute atomic E-state index is 5.29. The smallest absolute Gasteiger partial charge is 0.191 e. The first-order valence-electron chi connectivity index (χ1n) is 6.77. The minimum atomic E-state index is 0. The van der Waals surface area contributed by atoms with Crippen LogP contribution in [0.4, 0.5) is 0 Å². The van der Waals surface area contributed by atoms with Crippen LogP contribution in [0.5, 0.6) is 0 Å². The third-order valence-electron chi connectivity index (χ3n) is 2.56. The molecule has 0 aliphatic heterocycles. The monoisotopic (exact) mass is 379 g/mol. The van der Waals surface area contributed by atoms with Crippen LogP contribution in [0.25, 0.3) is 0 Å². The molecule has 1 aromatic rings. The quantitative estimate of drug-likeness (QED) is 0.435. The lowest BCUT2D eigenvalue weighted by Crippen LogP contribution is -2.38. The molecule has 0 aliphatic carbocycles. The lowest BCUT2D eigenvalue weighted by atomic mass is 10.1. The lowest BCUT2D eigenvalue weighted by molar-refractivity contribution is 0.506. The van der Waals surface area contributed by atoms with E-state index in [1.807, 2.05) is 12.1 Å². The van der Waals surface area contributed by atoms with Crippen molar-refractivity contribution in [3.8, 4) is 0 Å². The van der Waals surface area contributed by atoms with Crippen LogP contribution in [0.1, 0.15) is 33.0 Å². The summed E-state index contributed by atoms with van der Waals surface area (Å²) >= 11 is 0. The van der Waals surface area contributed by atoms with E-state index in [1.165, 1.54) is 0 Å². The Morgan fingerprint density at radius 3 is 2.74 bits per heavy atom. The highest BCUT2D eigenvalue weighted by Crippen LogP contribution is 2.00. The number of aliphatic imine (C=N–C) groups is 1. The number of guanidine groups is 1. The summed E-state index contributed by atoms with van der Waals surface area (Å²) < 4.78 is 5.29. The maximum atomic E-state index is 5.29. The van der Waals surface area contributed by atoms with E-state index in [2.05, 4.69) is 36.4 Å². The number of nitrogens with one attached hydrogen (secondary N) is 2. The molecule has 0 aliphatic rings. The van der Waals surface area contributed by atoms with Gasteiger partial charge in [0.2, 0.25) is 0 Å². The predicted molar refractivity (Wildman–Crippen MR) is 91.3 cm³/mol. The van der Waals surface area contributed by atoms with E-state index in [0.29, 0.717) is 5.92 Å². The Bertz CT molecular complexity index is 336. The standard InChI is InChI=1S/C14H25N3O.HI/c1-4-15-14(16-9-7-12(2)3)17-10-8-13-6-5-11-18-13;/h5-6,11-12H,4,7-10H2,1-3H3,(H2,15,16,17);1H. The van der Waals surface area contributed by atoms with Crippen molar-refractivity contribution in [1.29, 1.82) is 0 Å². The number of halogens is 1. The van der Waals surface area contributed by atoms with Crippen LogP contribution in [-0.4, -0.2) is 25.6 Å². The van der Waals surface area contributed by atoms with Crippen LogP contribution in [0.3, 0.4) is 0 Å². The van der Waals surface area contributed by atoms with Gasteiger partial charge in [-0.05, 0) is 31.4 Å². The van der Waals surface area contributed by atoms with Crippen molar-refractivity contribution in [3.05, 3.63) is 24.2 Å². The van der Waals surface area contributed by atoms with Crippen molar-refractivity contribution in [3.63, 3.8) is 0 Å². The fourth-order valence-corrected chi connectivity index (χ4v) is 1.54. The molecule has 0 atom stereocenters. The molecule has 110 valence electrons. The molecule has 1 aromatic heterocycles. The topological polar surface area (TPSA) is 49.6 Å². The first-order valence-corrected chi connectivity index (χ1v) is 6.77. The normalized spacial score (nSPS) is 11.3. The zero-order valence-corrected chi connectivity index (χ0v) is 14.4. The molecule has 4 nitrogen and oxygen atoms in total. The van der Waals surface area contributed by atoms with E-state index in [9.17, 15) is 0 Å². The molecular weight excluding hydrogens is 353 g/mol. The van der Waals surface area contributed by atoms with Gasteiger partial charge >= 0.3 is 0 Å². The maximum Gasteiger partial charge on any atom is 0.191 e. The van der Waals surface area contributed by atoms with Crippen LogP contribution < -0.4 is 10.6 Å². The van der Waals surface area contributed by atoms with Crippen LogP contribution in [0, 0.1) is 5.92 Å². The summed E-state index contributed by atoms with van der Waals surface area (Å²) in [7, 11) is 0. The van der Waals surface area contributed by atoms with Crippen molar-refractivity contribution >= 4 is 29.9 Å². The van der Waals surface area contributed by atoms with E-state index in [1.54, 1.807) is 6.26 Å². The van der Waals surface area contributed by atoms with Crippen molar-refractivity contribution in [2.75, 3.05) is 19.6 Å². The Labute approximate surface area is 133 Å². The molecule has 0 radical (unpaired) electrons. The van der Waals surface area contributed by atoms with E-state index in [-0.39, 0.29) is 24.0 Å². The molecule has 1 heterocycles. The average Bonchev–Trinajstić information content (AvgIpc) is 2.81. The van der Waals surface area contributed by atoms with E-state index >= 15 is 0 Å². The van der Waals surface area contributed by atoms with Crippen molar-refractivity contribution < 1.29 is 4.42 Å². The van der Waals surface area contributed by atoms with Crippen molar-refractivity contribution in [2.24, 2.45) is 10.9 Å². The molecule has 0 bridgehead atoms. The van der Waals surface area contributed by atoms with Gasteiger partial charge in [-0.3, -0.25) is 4.99 Å². The van der Waals surface area contributed by atoms with Crippen molar-refractivity contribution in [1.82, 2.24) is 10.6 Å². The Morgan fingerprint density at radius 1 is 1.37 bits per heavy atom. The Hall–Kier alpha value is -0.720. The summed E-state index contributed by atoms with van der Waals surface area (Å²) in [5.41, 5.74) is 0. The number of furan rings is 1. The SMILES string of the molecule is CCNC(=NCCC(C)C)NCCc1ccco1.I. The van der Waals surface area contributed by atoms with E-state index in [0.717, 1.165) is 44.2 Å².